The summed E-state index contributed by atoms with van der Waals surface area (Å²) in [6.07, 6.45) is -5.85. The maximum absolute atomic E-state index is 14.3. The average Bonchev–Trinajstić information content (AvgIpc) is 2.65. The Morgan fingerprint density at radius 3 is 2.17 bits per heavy atom. The van der Waals surface area contributed by atoms with E-state index in [0.29, 0.717) is 18.2 Å². The summed E-state index contributed by atoms with van der Waals surface area (Å²) in [5.74, 6) is -6.96. The summed E-state index contributed by atoms with van der Waals surface area (Å²) in [5.41, 5.74) is -2.13. The Bertz CT molecular complexity index is 1220. The molecule has 3 rings (SSSR count). The first-order valence-electron chi connectivity index (χ1n) is 9.32. The largest absolute Gasteiger partial charge is 0.418 e. The lowest BCUT2D eigenvalue weighted by atomic mass is 9.82. The molecular weight excluding hydrogens is 399 g/mol. The van der Waals surface area contributed by atoms with E-state index in [4.69, 9.17) is 9.85 Å². The molecular formula is C19H11F5N2O3. The Hall–Kier alpha value is -3.43. The number of aromatic nitrogens is 1. The number of benzene rings is 1. The Morgan fingerprint density at radius 1 is 1.07 bits per heavy atom. The van der Waals surface area contributed by atoms with Crippen molar-refractivity contribution in [3.8, 4) is 0 Å². The van der Waals surface area contributed by atoms with Gasteiger partial charge in [0.05, 0.1) is 16.7 Å². The van der Waals surface area contributed by atoms with Gasteiger partial charge in [-0.2, -0.15) is 13.2 Å². The van der Waals surface area contributed by atoms with E-state index >= 15 is 0 Å². The fourth-order valence-corrected chi connectivity index (χ4v) is 2.89. The van der Waals surface area contributed by atoms with Crippen molar-refractivity contribution in [2.24, 2.45) is 5.73 Å². The number of hydrogen-bond donors (Lipinski definition) is 1. The fourth-order valence-electron chi connectivity index (χ4n) is 2.89. The van der Waals surface area contributed by atoms with E-state index in [2.05, 4.69) is 4.98 Å². The number of primary amides is 1. The van der Waals surface area contributed by atoms with Gasteiger partial charge in [0, 0.05) is 27.4 Å². The highest BCUT2D eigenvalue weighted by molar-refractivity contribution is 6.27. The minimum absolute atomic E-state index is 0.426. The van der Waals surface area contributed by atoms with Crippen LogP contribution >= 0.6 is 0 Å². The molecule has 1 aromatic carbocycles. The fraction of sp³-hybridized carbons (Fsp3) is 0.158. The second kappa shape index (κ2) is 6.87. The summed E-state index contributed by atoms with van der Waals surface area (Å²) >= 11 is 0. The van der Waals surface area contributed by atoms with E-state index in [0.717, 1.165) is 6.07 Å². The first kappa shape index (κ1) is 16.5. The molecule has 1 amide bonds. The van der Waals surface area contributed by atoms with E-state index in [1.165, 1.54) is 0 Å². The summed E-state index contributed by atoms with van der Waals surface area (Å²) < 4.78 is 90.4. The number of fused-ring (bicyclic) bond motifs is 1. The Kier molecular flexibility index (Phi) is 3.91. The molecule has 10 heteroatoms. The predicted molar refractivity (Wildman–Crippen MR) is 89.2 cm³/mol. The maximum atomic E-state index is 14.3. The number of rotatable bonds is 3. The number of Topliss-reactive ketones (excluding diaryl/α,β-unsaturated/α-hetero) is 2. The first-order valence-corrected chi connectivity index (χ1v) is 7.82. The van der Waals surface area contributed by atoms with Crippen LogP contribution in [-0.2, 0) is 12.6 Å². The van der Waals surface area contributed by atoms with Gasteiger partial charge in [-0.25, -0.2) is 13.8 Å². The standard InChI is InChI=1S/C19H11F5N2O3/c1-7-9(17(28)14-12(21)5-4-11(20)13(14)16(7)27)6-8-2-3-10(19(22,23)24)15(26-8)18(25)29/h2-5H,6H2,1H3,(H2,25,29)/i1D3. The van der Waals surface area contributed by atoms with Gasteiger partial charge in [0.1, 0.15) is 17.3 Å². The molecule has 29 heavy (non-hydrogen) atoms. The van der Waals surface area contributed by atoms with Crippen LogP contribution in [0.2, 0.25) is 0 Å². The highest BCUT2D eigenvalue weighted by atomic mass is 19.4. The molecule has 1 aromatic heterocycles. The second-order valence-corrected chi connectivity index (χ2v) is 6.03. The molecule has 0 aliphatic heterocycles. The normalized spacial score (nSPS) is 16.2. The van der Waals surface area contributed by atoms with E-state index in [1.54, 1.807) is 0 Å². The first-order chi connectivity index (χ1) is 14.6. The molecule has 0 saturated carbocycles. The lowest BCUT2D eigenvalue weighted by molar-refractivity contribution is -0.138. The smallest absolute Gasteiger partial charge is 0.364 e. The number of allylic oxidation sites excluding steroid dienone is 2. The molecule has 0 unspecified atom stereocenters. The van der Waals surface area contributed by atoms with Crippen molar-refractivity contribution in [2.45, 2.75) is 19.4 Å². The van der Waals surface area contributed by atoms with Crippen molar-refractivity contribution in [2.75, 3.05) is 0 Å². The molecule has 5 nitrogen and oxygen atoms in total. The molecule has 1 aliphatic carbocycles. The highest BCUT2D eigenvalue weighted by Crippen LogP contribution is 2.33. The molecule has 2 aromatic rings. The molecule has 0 bridgehead atoms. The second-order valence-electron chi connectivity index (χ2n) is 6.03. The third-order valence-corrected chi connectivity index (χ3v) is 4.21. The molecule has 1 aliphatic rings. The molecule has 0 radical (unpaired) electrons. The number of ketones is 2. The number of alkyl halides is 3. The molecule has 0 fully saturated rings. The van der Waals surface area contributed by atoms with Gasteiger partial charge in [0.2, 0.25) is 0 Å². The Labute approximate surface area is 164 Å². The van der Waals surface area contributed by atoms with Crippen molar-refractivity contribution in [1.29, 1.82) is 0 Å². The lowest BCUT2D eigenvalue weighted by Gasteiger charge is -2.20. The van der Waals surface area contributed by atoms with E-state index in [-0.39, 0.29) is 0 Å². The zero-order valence-electron chi connectivity index (χ0n) is 17.2. The molecule has 1 heterocycles. The number of nitrogens with zero attached hydrogens (tertiary/aromatic N) is 1. The molecule has 0 atom stereocenters. The Morgan fingerprint density at radius 2 is 1.66 bits per heavy atom. The number of carbonyl (C=O) groups excluding carboxylic acids is 3. The third-order valence-electron chi connectivity index (χ3n) is 4.21. The molecule has 0 saturated heterocycles. The summed E-state index contributed by atoms with van der Waals surface area (Å²) in [5, 5.41) is 0. The number of amides is 1. The van der Waals surface area contributed by atoms with Gasteiger partial charge < -0.3 is 5.73 Å². The van der Waals surface area contributed by atoms with Crippen LogP contribution in [0.15, 0.2) is 35.4 Å². The van der Waals surface area contributed by atoms with Crippen LogP contribution in [-0.4, -0.2) is 22.5 Å². The van der Waals surface area contributed by atoms with Crippen LogP contribution in [0.3, 0.4) is 0 Å². The molecule has 0 spiro atoms. The van der Waals surface area contributed by atoms with Crippen LogP contribution in [0, 0.1) is 11.6 Å². The van der Waals surface area contributed by atoms with Crippen molar-refractivity contribution in [3.63, 3.8) is 0 Å². The summed E-state index contributed by atoms with van der Waals surface area (Å²) in [6.45, 7) is -3.25. The monoisotopic (exact) mass is 413 g/mol. The van der Waals surface area contributed by atoms with E-state index < -0.39 is 87.8 Å². The van der Waals surface area contributed by atoms with Gasteiger partial charge in [-0.15, -0.1) is 0 Å². The zero-order chi connectivity index (χ0) is 24.2. The predicted octanol–water partition coefficient (Wildman–Crippen LogP) is 3.42. The van der Waals surface area contributed by atoms with Crippen molar-refractivity contribution in [3.05, 3.63) is 75.1 Å². The topological polar surface area (TPSA) is 90.1 Å². The van der Waals surface area contributed by atoms with Gasteiger partial charge >= 0.3 is 6.18 Å². The number of pyridine rings is 1. The minimum atomic E-state index is -4.99. The van der Waals surface area contributed by atoms with Gasteiger partial charge in [0.15, 0.2) is 11.6 Å². The van der Waals surface area contributed by atoms with Crippen LogP contribution in [0.25, 0.3) is 0 Å². The number of carbonyl (C=O) groups is 3. The average molecular weight is 413 g/mol. The van der Waals surface area contributed by atoms with Crippen molar-refractivity contribution in [1.82, 2.24) is 4.98 Å². The quantitative estimate of drug-likeness (QED) is 0.781. The van der Waals surface area contributed by atoms with Crippen molar-refractivity contribution < 1.29 is 40.4 Å². The zero-order valence-corrected chi connectivity index (χ0v) is 14.2. The maximum Gasteiger partial charge on any atom is 0.418 e. The third kappa shape index (κ3) is 3.41. The van der Waals surface area contributed by atoms with Gasteiger partial charge in [-0.3, -0.25) is 14.4 Å². The minimum Gasteiger partial charge on any atom is -0.364 e. The van der Waals surface area contributed by atoms with E-state index in [1.807, 2.05) is 0 Å². The van der Waals surface area contributed by atoms with Crippen LogP contribution in [0.4, 0.5) is 22.0 Å². The van der Waals surface area contributed by atoms with Gasteiger partial charge in [0.25, 0.3) is 5.91 Å². The van der Waals surface area contributed by atoms with Crippen LogP contribution in [0.1, 0.15) is 53.4 Å². The molecule has 150 valence electrons. The SMILES string of the molecule is [2H]C([2H])([2H])C1=C(Cc2ccc(C(F)(F)F)c(C(N)=O)n2)C(=O)c2c(F)ccc(F)c2C1=O. The van der Waals surface area contributed by atoms with Crippen LogP contribution in [0.5, 0.6) is 0 Å². The van der Waals surface area contributed by atoms with Gasteiger partial charge in [-0.05, 0) is 31.1 Å². The number of hydrogen-bond acceptors (Lipinski definition) is 4. The lowest BCUT2D eigenvalue weighted by Crippen LogP contribution is -2.26. The summed E-state index contributed by atoms with van der Waals surface area (Å²) in [6, 6.07) is 2.31. The van der Waals surface area contributed by atoms with E-state index in [9.17, 15) is 36.3 Å². The Balaban J connectivity index is 2.22. The van der Waals surface area contributed by atoms with Crippen molar-refractivity contribution >= 4 is 17.5 Å². The molecule has 2 N–H and O–H groups in total. The summed E-state index contributed by atoms with van der Waals surface area (Å²) in [7, 11) is 0. The van der Waals surface area contributed by atoms with Crippen LogP contribution < -0.4 is 5.73 Å². The number of nitrogens with two attached hydrogens (primary N) is 1. The highest BCUT2D eigenvalue weighted by Gasteiger charge is 2.37. The number of halogens is 5. The summed E-state index contributed by atoms with van der Waals surface area (Å²) in [4.78, 5) is 40.5. The van der Waals surface area contributed by atoms with Gasteiger partial charge in [-0.1, -0.05) is 0 Å².